The molecule has 0 saturated carbocycles. The number of benzene rings is 1. The Morgan fingerprint density at radius 1 is 1.50 bits per heavy atom. The third-order valence-electron chi connectivity index (χ3n) is 2.54. The van der Waals surface area contributed by atoms with E-state index in [1.807, 2.05) is 11.5 Å². The molecule has 0 unspecified atom stereocenters. The number of nitrogens with two attached hydrogens (primary N) is 1. The molecule has 6 nitrogen and oxygen atoms in total. The topological polar surface area (TPSA) is 101 Å². The van der Waals surface area contributed by atoms with Crippen molar-refractivity contribution in [3.8, 4) is 11.8 Å². The second-order valence-corrected chi connectivity index (χ2v) is 4.20. The molecule has 0 aliphatic rings. The molecule has 7 heteroatoms. The van der Waals surface area contributed by atoms with Gasteiger partial charge in [-0.25, -0.2) is 5.84 Å². The SMILES string of the molecule is N#Cc1ccc(OCc2ccoc2C(=O)NN)cc1Cl. The molecule has 2 aromatic rings. The van der Waals surface area contributed by atoms with Crippen LogP contribution in [0, 0.1) is 11.3 Å². The van der Waals surface area contributed by atoms with Crippen LogP contribution in [0.15, 0.2) is 34.9 Å². The lowest BCUT2D eigenvalue weighted by atomic mass is 10.2. The maximum atomic E-state index is 11.4. The van der Waals surface area contributed by atoms with E-state index < -0.39 is 5.91 Å². The van der Waals surface area contributed by atoms with E-state index >= 15 is 0 Å². The van der Waals surface area contributed by atoms with Crippen molar-refractivity contribution in [2.24, 2.45) is 5.84 Å². The van der Waals surface area contributed by atoms with E-state index in [0.29, 0.717) is 21.9 Å². The van der Waals surface area contributed by atoms with E-state index in [4.69, 9.17) is 31.9 Å². The van der Waals surface area contributed by atoms with Crippen LogP contribution in [0.2, 0.25) is 5.02 Å². The van der Waals surface area contributed by atoms with Crippen molar-refractivity contribution >= 4 is 17.5 Å². The van der Waals surface area contributed by atoms with E-state index in [9.17, 15) is 4.79 Å². The minimum Gasteiger partial charge on any atom is -0.489 e. The predicted molar refractivity (Wildman–Crippen MR) is 70.9 cm³/mol. The number of furan rings is 1. The first-order valence-corrected chi connectivity index (χ1v) is 5.93. The third kappa shape index (κ3) is 2.91. The maximum absolute atomic E-state index is 11.4. The molecule has 0 radical (unpaired) electrons. The molecule has 2 rings (SSSR count). The van der Waals surface area contributed by atoms with Crippen LogP contribution in [-0.2, 0) is 6.61 Å². The number of amides is 1. The van der Waals surface area contributed by atoms with Crippen LogP contribution < -0.4 is 16.0 Å². The van der Waals surface area contributed by atoms with Crippen LogP contribution in [0.1, 0.15) is 21.7 Å². The Kier molecular flexibility index (Phi) is 4.25. The van der Waals surface area contributed by atoms with Gasteiger partial charge in [0, 0.05) is 11.6 Å². The van der Waals surface area contributed by atoms with Crippen LogP contribution >= 0.6 is 11.6 Å². The number of carbonyl (C=O) groups is 1. The highest BCUT2D eigenvalue weighted by Crippen LogP contribution is 2.23. The Labute approximate surface area is 119 Å². The van der Waals surface area contributed by atoms with Gasteiger partial charge in [-0.05, 0) is 18.2 Å². The van der Waals surface area contributed by atoms with Gasteiger partial charge in [-0.15, -0.1) is 0 Å². The van der Waals surface area contributed by atoms with Gasteiger partial charge in [-0.1, -0.05) is 11.6 Å². The van der Waals surface area contributed by atoms with Gasteiger partial charge >= 0.3 is 5.91 Å². The minimum absolute atomic E-state index is 0.0900. The minimum atomic E-state index is -0.536. The summed E-state index contributed by atoms with van der Waals surface area (Å²) in [5.41, 5.74) is 2.90. The summed E-state index contributed by atoms with van der Waals surface area (Å²) >= 11 is 5.89. The van der Waals surface area contributed by atoms with E-state index in [2.05, 4.69) is 0 Å². The van der Waals surface area contributed by atoms with E-state index in [1.165, 1.54) is 12.3 Å². The van der Waals surface area contributed by atoms with Crippen LogP contribution in [0.25, 0.3) is 0 Å². The molecule has 0 spiro atoms. The molecule has 1 amide bonds. The maximum Gasteiger partial charge on any atom is 0.301 e. The van der Waals surface area contributed by atoms with Gasteiger partial charge in [0.2, 0.25) is 0 Å². The fourth-order valence-corrected chi connectivity index (χ4v) is 1.76. The molecule has 0 fully saturated rings. The summed E-state index contributed by atoms with van der Waals surface area (Å²) in [6.07, 6.45) is 1.37. The molecular formula is C13H10ClN3O3. The molecular weight excluding hydrogens is 282 g/mol. The van der Waals surface area contributed by atoms with Crippen molar-refractivity contribution in [1.29, 1.82) is 5.26 Å². The fourth-order valence-electron chi connectivity index (χ4n) is 1.55. The lowest BCUT2D eigenvalue weighted by molar-refractivity contribution is 0.0922. The van der Waals surface area contributed by atoms with Gasteiger partial charge in [-0.3, -0.25) is 10.2 Å². The summed E-state index contributed by atoms with van der Waals surface area (Å²) in [6.45, 7) is 0.113. The molecule has 0 saturated heterocycles. The molecule has 0 aliphatic heterocycles. The first-order valence-electron chi connectivity index (χ1n) is 5.55. The smallest absolute Gasteiger partial charge is 0.301 e. The second-order valence-electron chi connectivity index (χ2n) is 3.79. The van der Waals surface area contributed by atoms with Crippen molar-refractivity contribution in [3.05, 3.63) is 52.4 Å². The Balaban J connectivity index is 2.10. The quantitative estimate of drug-likeness (QED) is 0.509. The number of nitrogen functional groups attached to an aromatic ring is 1. The number of halogens is 1. The Hall–Kier alpha value is -2.49. The standard InChI is InChI=1S/C13H10ClN3O3/c14-11-5-10(2-1-8(11)6-15)20-7-9-3-4-19-12(9)13(18)17-16/h1-5H,7,16H2,(H,17,18). The summed E-state index contributed by atoms with van der Waals surface area (Å²) in [5, 5.41) is 9.07. The van der Waals surface area contributed by atoms with Gasteiger partial charge in [0.25, 0.3) is 0 Å². The molecule has 1 heterocycles. The van der Waals surface area contributed by atoms with Gasteiger partial charge in [0.15, 0.2) is 5.76 Å². The van der Waals surface area contributed by atoms with Crippen LogP contribution in [0.3, 0.4) is 0 Å². The molecule has 0 aliphatic carbocycles. The average Bonchev–Trinajstić information content (AvgIpc) is 2.93. The van der Waals surface area contributed by atoms with Crippen molar-refractivity contribution in [2.45, 2.75) is 6.61 Å². The van der Waals surface area contributed by atoms with Crippen molar-refractivity contribution in [3.63, 3.8) is 0 Å². The molecule has 1 aromatic carbocycles. The number of hydrogen-bond acceptors (Lipinski definition) is 5. The molecule has 102 valence electrons. The van der Waals surface area contributed by atoms with Crippen LogP contribution in [-0.4, -0.2) is 5.91 Å². The molecule has 0 atom stereocenters. The van der Waals surface area contributed by atoms with E-state index in [1.54, 1.807) is 18.2 Å². The summed E-state index contributed by atoms with van der Waals surface area (Å²) < 4.78 is 10.5. The van der Waals surface area contributed by atoms with E-state index in [0.717, 1.165) is 0 Å². The lowest BCUT2D eigenvalue weighted by Gasteiger charge is -2.07. The number of ether oxygens (including phenoxy) is 1. The van der Waals surface area contributed by atoms with E-state index in [-0.39, 0.29) is 12.4 Å². The first kappa shape index (κ1) is 13.9. The highest BCUT2D eigenvalue weighted by atomic mass is 35.5. The summed E-state index contributed by atoms with van der Waals surface area (Å²) in [4.78, 5) is 11.4. The molecule has 1 aromatic heterocycles. The molecule has 0 bridgehead atoms. The second kappa shape index (κ2) is 6.10. The fraction of sp³-hybridized carbons (Fsp3) is 0.0769. The van der Waals surface area contributed by atoms with Crippen LogP contribution in [0.5, 0.6) is 5.75 Å². The number of hydrogen-bond donors (Lipinski definition) is 2. The number of rotatable bonds is 4. The molecule has 20 heavy (non-hydrogen) atoms. The first-order chi connectivity index (χ1) is 9.65. The number of carbonyl (C=O) groups excluding carboxylic acids is 1. The lowest BCUT2D eigenvalue weighted by Crippen LogP contribution is -2.30. The predicted octanol–water partition coefficient (Wildman–Crippen LogP) is 1.99. The number of nitrogens with zero attached hydrogens (tertiary/aromatic N) is 1. The largest absolute Gasteiger partial charge is 0.489 e. The summed E-state index contributed by atoms with van der Waals surface area (Å²) in [7, 11) is 0. The Bertz CT molecular complexity index is 676. The number of hydrazine groups is 1. The zero-order valence-corrected chi connectivity index (χ0v) is 11.0. The summed E-state index contributed by atoms with van der Waals surface area (Å²) in [6, 6.07) is 8.27. The monoisotopic (exact) mass is 291 g/mol. The zero-order chi connectivity index (χ0) is 14.5. The Morgan fingerprint density at radius 3 is 2.95 bits per heavy atom. The van der Waals surface area contributed by atoms with Crippen LogP contribution in [0.4, 0.5) is 0 Å². The van der Waals surface area contributed by atoms with Crippen molar-refractivity contribution in [1.82, 2.24) is 5.43 Å². The van der Waals surface area contributed by atoms with Crippen molar-refractivity contribution in [2.75, 3.05) is 0 Å². The zero-order valence-electron chi connectivity index (χ0n) is 10.2. The van der Waals surface area contributed by atoms with Crippen molar-refractivity contribution < 1.29 is 13.9 Å². The molecule has 3 N–H and O–H groups in total. The average molecular weight is 292 g/mol. The normalized spacial score (nSPS) is 9.85. The van der Waals surface area contributed by atoms with Gasteiger partial charge < -0.3 is 9.15 Å². The Morgan fingerprint density at radius 2 is 2.30 bits per heavy atom. The van der Waals surface area contributed by atoms with Gasteiger partial charge in [0.1, 0.15) is 18.4 Å². The van der Waals surface area contributed by atoms with Gasteiger partial charge in [-0.2, -0.15) is 5.26 Å². The van der Waals surface area contributed by atoms with Gasteiger partial charge in [0.05, 0.1) is 16.8 Å². The third-order valence-corrected chi connectivity index (χ3v) is 2.85. The number of nitriles is 1. The summed E-state index contributed by atoms with van der Waals surface area (Å²) in [5.74, 6) is 5.08. The number of nitrogens with one attached hydrogen (secondary N) is 1. The highest BCUT2D eigenvalue weighted by molar-refractivity contribution is 6.31. The highest BCUT2D eigenvalue weighted by Gasteiger charge is 2.14.